The quantitative estimate of drug-likeness (QED) is 0.863. The lowest BCUT2D eigenvalue weighted by Crippen LogP contribution is -2.32. The molecule has 0 bridgehead atoms. The van der Waals surface area contributed by atoms with Crippen LogP contribution in [0.15, 0.2) is 30.3 Å². The molecule has 140 valence electrons. The van der Waals surface area contributed by atoms with Crippen LogP contribution in [0, 0.1) is 0 Å². The fraction of sp³-hybridized carbons (Fsp3) is 0.333. The van der Waals surface area contributed by atoms with Gasteiger partial charge in [0.2, 0.25) is 15.9 Å². The third kappa shape index (κ3) is 4.15. The Morgan fingerprint density at radius 2 is 2.08 bits per heavy atom. The van der Waals surface area contributed by atoms with E-state index in [-0.39, 0.29) is 11.3 Å². The fourth-order valence-corrected chi connectivity index (χ4v) is 3.54. The molecule has 0 unspecified atom stereocenters. The van der Waals surface area contributed by atoms with Gasteiger partial charge in [0, 0.05) is 19.0 Å². The molecule has 1 amide bonds. The molecule has 26 heavy (non-hydrogen) atoms. The molecule has 1 aromatic heterocycles. The number of benzene rings is 1. The number of halogens is 3. The van der Waals surface area contributed by atoms with Gasteiger partial charge in [-0.2, -0.15) is 18.3 Å². The summed E-state index contributed by atoms with van der Waals surface area (Å²) in [5, 5.41) is 3.95. The van der Waals surface area contributed by atoms with Crippen molar-refractivity contribution in [2.24, 2.45) is 0 Å². The molecular formula is C15H14F3N3O4S. The van der Waals surface area contributed by atoms with E-state index in [9.17, 15) is 26.4 Å². The van der Waals surface area contributed by atoms with E-state index in [0.29, 0.717) is 25.5 Å². The molecule has 3 rings (SSSR count). The molecule has 1 aliphatic heterocycles. The lowest BCUT2D eigenvalue weighted by atomic mass is 10.1. The molecule has 11 heteroatoms. The van der Waals surface area contributed by atoms with Crippen molar-refractivity contribution in [3.8, 4) is 5.88 Å². The highest BCUT2D eigenvalue weighted by Crippen LogP contribution is 2.29. The first-order valence-corrected chi connectivity index (χ1v) is 9.21. The van der Waals surface area contributed by atoms with Crippen molar-refractivity contribution in [3.63, 3.8) is 0 Å². The van der Waals surface area contributed by atoms with Gasteiger partial charge in [-0.25, -0.2) is 17.8 Å². The van der Waals surface area contributed by atoms with Gasteiger partial charge in [0.1, 0.15) is 0 Å². The van der Waals surface area contributed by atoms with Crippen LogP contribution >= 0.6 is 0 Å². The maximum atomic E-state index is 12.7. The lowest BCUT2D eigenvalue weighted by Gasteiger charge is -2.13. The summed E-state index contributed by atoms with van der Waals surface area (Å²) in [4.78, 5) is 12.1. The van der Waals surface area contributed by atoms with Gasteiger partial charge in [0.25, 0.3) is 5.91 Å². The highest BCUT2D eigenvalue weighted by Gasteiger charge is 2.31. The van der Waals surface area contributed by atoms with Crippen molar-refractivity contribution < 1.29 is 31.1 Å². The third-order valence-corrected chi connectivity index (χ3v) is 4.81. The molecule has 0 aliphatic carbocycles. The number of nitrogens with zero attached hydrogens (tertiary/aromatic N) is 2. The summed E-state index contributed by atoms with van der Waals surface area (Å²) in [7, 11) is -4.20. The summed E-state index contributed by atoms with van der Waals surface area (Å²) in [6.07, 6.45) is -3.87. The Morgan fingerprint density at radius 1 is 1.31 bits per heavy atom. The van der Waals surface area contributed by atoms with Gasteiger partial charge in [-0.15, -0.1) is 0 Å². The van der Waals surface area contributed by atoms with E-state index in [0.717, 1.165) is 18.2 Å². The highest BCUT2D eigenvalue weighted by molar-refractivity contribution is 7.89. The van der Waals surface area contributed by atoms with Gasteiger partial charge in [0.15, 0.2) is 5.69 Å². The van der Waals surface area contributed by atoms with Crippen molar-refractivity contribution in [1.29, 1.82) is 0 Å². The Balaban J connectivity index is 1.73. The molecule has 0 fully saturated rings. The number of rotatable bonds is 4. The number of ether oxygens (including phenoxy) is 1. The number of hydrogen-bond donors (Lipinski definition) is 1. The topological polar surface area (TPSA) is 90.3 Å². The van der Waals surface area contributed by atoms with E-state index >= 15 is 0 Å². The Hall–Kier alpha value is -2.56. The second kappa shape index (κ2) is 6.63. The molecule has 0 radical (unpaired) electrons. The number of amides is 1. The number of alkyl halides is 3. The predicted octanol–water partition coefficient (Wildman–Crippen LogP) is 1.94. The summed E-state index contributed by atoms with van der Waals surface area (Å²) in [6, 6.07) is 5.23. The monoisotopic (exact) mass is 389 g/mol. The van der Waals surface area contributed by atoms with Crippen LogP contribution in [0.2, 0.25) is 0 Å². The molecule has 2 aromatic rings. The largest absolute Gasteiger partial charge is 0.478 e. The molecule has 0 atom stereocenters. The fourth-order valence-electron chi connectivity index (χ4n) is 2.46. The molecule has 0 spiro atoms. The molecular weight excluding hydrogens is 375 g/mol. The van der Waals surface area contributed by atoms with Gasteiger partial charge < -0.3 is 4.74 Å². The number of nitrogens with one attached hydrogen (secondary N) is 1. The normalized spacial score (nSPS) is 14.4. The first-order chi connectivity index (χ1) is 12.1. The minimum Gasteiger partial charge on any atom is -0.478 e. The van der Waals surface area contributed by atoms with Gasteiger partial charge in [-0.3, -0.25) is 4.79 Å². The standard InChI is InChI=1S/C15H14F3N3O4S/c16-15(17,18)11-4-1-3-10(7-11)9-26(23,24)20-14(22)12-8-13-21(19-12)5-2-6-25-13/h1,3-4,7-8H,2,5-6,9H2,(H,20,22). The van der Waals surface area contributed by atoms with Crippen LogP contribution in [0.1, 0.15) is 28.0 Å². The predicted molar refractivity (Wildman–Crippen MR) is 83.9 cm³/mol. The van der Waals surface area contributed by atoms with E-state index in [1.807, 2.05) is 4.72 Å². The number of carbonyl (C=O) groups is 1. The number of aromatic nitrogens is 2. The van der Waals surface area contributed by atoms with E-state index in [1.54, 1.807) is 0 Å². The zero-order valence-electron chi connectivity index (χ0n) is 13.3. The molecule has 1 aromatic carbocycles. The summed E-state index contributed by atoms with van der Waals surface area (Å²) < 4.78 is 70.9. The molecule has 0 saturated carbocycles. The summed E-state index contributed by atoms with van der Waals surface area (Å²) in [5.41, 5.74) is -1.20. The summed E-state index contributed by atoms with van der Waals surface area (Å²) >= 11 is 0. The van der Waals surface area contributed by atoms with E-state index in [4.69, 9.17) is 4.74 Å². The average Bonchev–Trinajstić information content (AvgIpc) is 2.97. The highest BCUT2D eigenvalue weighted by atomic mass is 32.2. The Bertz CT molecular complexity index is 914. The average molecular weight is 389 g/mol. The minimum absolute atomic E-state index is 0.0902. The van der Waals surface area contributed by atoms with Crippen molar-refractivity contribution in [2.75, 3.05) is 6.61 Å². The lowest BCUT2D eigenvalue weighted by molar-refractivity contribution is -0.137. The van der Waals surface area contributed by atoms with E-state index in [2.05, 4.69) is 5.10 Å². The maximum absolute atomic E-state index is 12.7. The second-order valence-electron chi connectivity index (χ2n) is 5.68. The van der Waals surface area contributed by atoms with Crippen LogP contribution < -0.4 is 9.46 Å². The van der Waals surface area contributed by atoms with Crippen molar-refractivity contribution >= 4 is 15.9 Å². The second-order valence-corrected chi connectivity index (χ2v) is 7.40. The van der Waals surface area contributed by atoms with Crippen LogP contribution in [0.25, 0.3) is 0 Å². The van der Waals surface area contributed by atoms with Gasteiger partial charge >= 0.3 is 6.18 Å². The van der Waals surface area contributed by atoms with Gasteiger partial charge in [0.05, 0.1) is 17.9 Å². The van der Waals surface area contributed by atoms with Crippen molar-refractivity contribution in [1.82, 2.24) is 14.5 Å². The third-order valence-electron chi connectivity index (χ3n) is 3.60. The Labute approximate surface area is 146 Å². The molecule has 2 heterocycles. The zero-order chi connectivity index (χ0) is 18.9. The van der Waals surface area contributed by atoms with Gasteiger partial charge in [-0.05, 0) is 11.6 Å². The number of hydrogen-bond acceptors (Lipinski definition) is 5. The van der Waals surface area contributed by atoms with Crippen LogP contribution in [0.4, 0.5) is 13.2 Å². The summed E-state index contributed by atoms with van der Waals surface area (Å²) in [5.74, 6) is -1.38. The van der Waals surface area contributed by atoms with Crippen LogP contribution in [0.3, 0.4) is 0 Å². The van der Waals surface area contributed by atoms with Crippen LogP contribution in [-0.4, -0.2) is 30.7 Å². The number of aryl methyl sites for hydroxylation is 1. The SMILES string of the molecule is O=C(NS(=O)(=O)Cc1cccc(C(F)(F)F)c1)c1cc2n(n1)CCCO2. The van der Waals surface area contributed by atoms with Crippen LogP contribution in [0.5, 0.6) is 5.88 Å². The number of sulfonamides is 1. The Kier molecular flexibility index (Phi) is 4.65. The number of fused-ring (bicyclic) bond motifs is 1. The Morgan fingerprint density at radius 3 is 2.77 bits per heavy atom. The van der Waals surface area contributed by atoms with Crippen molar-refractivity contribution in [2.45, 2.75) is 24.9 Å². The maximum Gasteiger partial charge on any atom is 0.416 e. The smallest absolute Gasteiger partial charge is 0.416 e. The van der Waals surface area contributed by atoms with E-state index < -0.39 is 33.4 Å². The van der Waals surface area contributed by atoms with Crippen molar-refractivity contribution in [3.05, 3.63) is 47.2 Å². The van der Waals surface area contributed by atoms with Crippen LogP contribution in [-0.2, 0) is 28.5 Å². The molecule has 0 saturated heterocycles. The molecule has 1 N–H and O–H groups in total. The first-order valence-electron chi connectivity index (χ1n) is 7.56. The minimum atomic E-state index is -4.58. The van der Waals surface area contributed by atoms with E-state index in [1.165, 1.54) is 16.8 Å². The zero-order valence-corrected chi connectivity index (χ0v) is 14.1. The van der Waals surface area contributed by atoms with Gasteiger partial charge in [-0.1, -0.05) is 18.2 Å². The summed E-state index contributed by atoms with van der Waals surface area (Å²) in [6.45, 7) is 1.01. The first kappa shape index (κ1) is 18.2. The molecule has 7 nitrogen and oxygen atoms in total. The number of carbonyl (C=O) groups excluding carboxylic acids is 1. The molecule has 1 aliphatic rings.